The lowest BCUT2D eigenvalue weighted by molar-refractivity contribution is -0.141. The minimum Gasteiger partial charge on any atom is -0.496 e. The molecule has 0 saturated heterocycles. The number of halogens is 1. The standard InChI is InChI=1S/C22H25FN2O3/c1-21(2,15-8-7-9-16(23)12-15)14-24-20(26)22(3)13-18(25-28-22)17-10-5-6-11-19(17)27-4/h5-12H,13-14H2,1-4H3,(H,24,26). The number of hydrogen-bond donors (Lipinski definition) is 1. The number of para-hydroxylation sites is 1. The van der Waals surface area contributed by atoms with Crippen molar-refractivity contribution in [2.24, 2.45) is 5.16 Å². The first-order chi connectivity index (χ1) is 13.2. The van der Waals surface area contributed by atoms with Gasteiger partial charge in [-0.2, -0.15) is 0 Å². The third-order valence-corrected chi connectivity index (χ3v) is 5.06. The maximum absolute atomic E-state index is 13.5. The van der Waals surface area contributed by atoms with Crippen molar-refractivity contribution in [1.29, 1.82) is 0 Å². The lowest BCUT2D eigenvalue weighted by Crippen LogP contribution is -2.48. The van der Waals surface area contributed by atoms with Crippen molar-refractivity contribution < 1.29 is 18.8 Å². The predicted octanol–water partition coefficient (Wildman–Crippen LogP) is 3.81. The molecule has 2 aromatic carbocycles. The van der Waals surface area contributed by atoms with Crippen LogP contribution in [0, 0.1) is 5.82 Å². The van der Waals surface area contributed by atoms with Crippen molar-refractivity contribution >= 4 is 11.6 Å². The molecule has 1 N–H and O–H groups in total. The van der Waals surface area contributed by atoms with Crippen molar-refractivity contribution in [2.45, 2.75) is 38.2 Å². The molecule has 5 nitrogen and oxygen atoms in total. The highest BCUT2D eigenvalue weighted by molar-refractivity contribution is 6.07. The SMILES string of the molecule is COc1ccccc1C1=NOC(C)(C(=O)NCC(C)(C)c2cccc(F)c2)C1. The van der Waals surface area contributed by atoms with Crippen molar-refractivity contribution in [3.05, 3.63) is 65.5 Å². The molecule has 0 spiro atoms. The van der Waals surface area contributed by atoms with Gasteiger partial charge in [-0.3, -0.25) is 4.79 Å². The number of ether oxygens (including phenoxy) is 1. The summed E-state index contributed by atoms with van der Waals surface area (Å²) in [7, 11) is 1.59. The van der Waals surface area contributed by atoms with Gasteiger partial charge in [0.05, 0.1) is 12.8 Å². The highest BCUT2D eigenvalue weighted by Crippen LogP contribution is 2.31. The lowest BCUT2D eigenvalue weighted by Gasteiger charge is -2.28. The summed E-state index contributed by atoms with van der Waals surface area (Å²) in [5.41, 5.74) is 0.755. The van der Waals surface area contributed by atoms with Crippen LogP contribution >= 0.6 is 0 Å². The van der Waals surface area contributed by atoms with Gasteiger partial charge in [-0.15, -0.1) is 0 Å². The summed E-state index contributed by atoms with van der Waals surface area (Å²) in [5.74, 6) is 0.130. The minimum atomic E-state index is -1.10. The molecule has 28 heavy (non-hydrogen) atoms. The smallest absolute Gasteiger partial charge is 0.267 e. The fourth-order valence-corrected chi connectivity index (χ4v) is 3.19. The Kier molecular flexibility index (Phi) is 5.40. The van der Waals surface area contributed by atoms with Gasteiger partial charge in [0.25, 0.3) is 5.91 Å². The number of nitrogens with one attached hydrogen (secondary N) is 1. The van der Waals surface area contributed by atoms with Crippen LogP contribution in [0.15, 0.2) is 53.7 Å². The van der Waals surface area contributed by atoms with Crippen molar-refractivity contribution in [3.8, 4) is 5.75 Å². The van der Waals surface area contributed by atoms with E-state index in [0.717, 1.165) is 11.1 Å². The third-order valence-electron chi connectivity index (χ3n) is 5.06. The van der Waals surface area contributed by atoms with Crippen LogP contribution in [0.2, 0.25) is 0 Å². The third kappa shape index (κ3) is 4.01. The van der Waals surface area contributed by atoms with Gasteiger partial charge in [-0.05, 0) is 36.8 Å². The normalized spacial score (nSPS) is 19.0. The summed E-state index contributed by atoms with van der Waals surface area (Å²) in [5, 5.41) is 7.06. The van der Waals surface area contributed by atoms with E-state index in [1.807, 2.05) is 44.2 Å². The molecular weight excluding hydrogens is 359 g/mol. The number of oxime groups is 1. The number of benzene rings is 2. The molecular formula is C22H25FN2O3. The topological polar surface area (TPSA) is 59.9 Å². The molecule has 2 aromatic rings. The van der Waals surface area contributed by atoms with Gasteiger partial charge < -0.3 is 14.9 Å². The fourth-order valence-electron chi connectivity index (χ4n) is 3.19. The summed E-state index contributed by atoms with van der Waals surface area (Å²) in [6.07, 6.45) is 0.333. The summed E-state index contributed by atoms with van der Waals surface area (Å²) >= 11 is 0. The molecule has 1 heterocycles. The molecule has 148 valence electrons. The Morgan fingerprint density at radius 2 is 2.04 bits per heavy atom. The molecule has 0 aromatic heterocycles. The summed E-state index contributed by atoms with van der Waals surface area (Å²) < 4.78 is 18.9. The number of nitrogens with zero attached hydrogens (tertiary/aromatic N) is 1. The molecule has 0 bridgehead atoms. The molecule has 0 radical (unpaired) electrons. The predicted molar refractivity (Wildman–Crippen MR) is 106 cm³/mol. The van der Waals surface area contributed by atoms with Crippen molar-refractivity contribution in [1.82, 2.24) is 5.32 Å². The van der Waals surface area contributed by atoms with Crippen LogP contribution in [0.3, 0.4) is 0 Å². The van der Waals surface area contributed by atoms with E-state index >= 15 is 0 Å². The lowest BCUT2D eigenvalue weighted by atomic mass is 9.84. The maximum atomic E-state index is 13.5. The largest absolute Gasteiger partial charge is 0.496 e. The van der Waals surface area contributed by atoms with Crippen molar-refractivity contribution in [2.75, 3.05) is 13.7 Å². The molecule has 1 amide bonds. The van der Waals surface area contributed by atoms with Crippen LogP contribution < -0.4 is 10.1 Å². The van der Waals surface area contributed by atoms with Crippen molar-refractivity contribution in [3.63, 3.8) is 0 Å². The van der Waals surface area contributed by atoms with E-state index in [-0.39, 0.29) is 11.7 Å². The van der Waals surface area contributed by atoms with Crippen LogP contribution in [0.5, 0.6) is 5.75 Å². The van der Waals surface area contributed by atoms with E-state index in [9.17, 15) is 9.18 Å². The second-order valence-electron chi connectivity index (χ2n) is 7.81. The fraction of sp³-hybridized carbons (Fsp3) is 0.364. The second-order valence-corrected chi connectivity index (χ2v) is 7.81. The maximum Gasteiger partial charge on any atom is 0.267 e. The van der Waals surface area contributed by atoms with Crippen LogP contribution in [0.4, 0.5) is 4.39 Å². The second kappa shape index (κ2) is 7.62. The van der Waals surface area contributed by atoms with E-state index in [0.29, 0.717) is 24.4 Å². The average molecular weight is 384 g/mol. The molecule has 1 aliphatic heterocycles. The van der Waals surface area contributed by atoms with E-state index in [1.165, 1.54) is 12.1 Å². The van der Waals surface area contributed by atoms with Crippen LogP contribution in [-0.2, 0) is 15.0 Å². The molecule has 0 fully saturated rings. The Morgan fingerprint density at radius 3 is 2.75 bits per heavy atom. The zero-order chi connectivity index (χ0) is 20.4. The number of carbonyl (C=O) groups is 1. The molecule has 1 unspecified atom stereocenters. The summed E-state index contributed by atoms with van der Waals surface area (Å²) in [6.45, 7) is 5.97. The number of hydrogen-bond acceptors (Lipinski definition) is 4. The molecule has 0 aliphatic carbocycles. The van der Waals surface area contributed by atoms with Gasteiger partial charge in [0.2, 0.25) is 5.60 Å². The van der Waals surface area contributed by atoms with Crippen LogP contribution in [0.1, 0.15) is 38.3 Å². The summed E-state index contributed by atoms with van der Waals surface area (Å²) in [6, 6.07) is 13.9. The van der Waals surface area contributed by atoms with Crippen LogP contribution in [0.25, 0.3) is 0 Å². The Bertz CT molecular complexity index is 910. The van der Waals surface area contributed by atoms with Gasteiger partial charge in [-0.25, -0.2) is 4.39 Å². The molecule has 1 atom stereocenters. The number of amides is 1. The molecule has 0 saturated carbocycles. The molecule has 6 heteroatoms. The van der Waals surface area contributed by atoms with Crippen LogP contribution in [-0.4, -0.2) is 30.9 Å². The first-order valence-corrected chi connectivity index (χ1v) is 9.18. The highest BCUT2D eigenvalue weighted by Gasteiger charge is 2.43. The average Bonchev–Trinajstić information content (AvgIpc) is 3.09. The zero-order valence-corrected chi connectivity index (χ0v) is 16.6. The van der Waals surface area contributed by atoms with Gasteiger partial charge in [-0.1, -0.05) is 43.3 Å². The van der Waals surface area contributed by atoms with Gasteiger partial charge in [0.15, 0.2) is 0 Å². The number of carbonyl (C=O) groups excluding carboxylic acids is 1. The first kappa shape index (κ1) is 19.9. The highest BCUT2D eigenvalue weighted by atomic mass is 19.1. The zero-order valence-electron chi connectivity index (χ0n) is 16.6. The van der Waals surface area contributed by atoms with Gasteiger partial charge in [0.1, 0.15) is 11.6 Å². The Balaban J connectivity index is 1.67. The monoisotopic (exact) mass is 384 g/mol. The van der Waals surface area contributed by atoms with E-state index in [4.69, 9.17) is 9.57 Å². The first-order valence-electron chi connectivity index (χ1n) is 9.18. The Labute approximate surface area is 164 Å². The Morgan fingerprint density at radius 1 is 1.29 bits per heavy atom. The van der Waals surface area contributed by atoms with Gasteiger partial charge in [0, 0.05) is 23.9 Å². The van der Waals surface area contributed by atoms with E-state index < -0.39 is 11.0 Å². The quantitative estimate of drug-likeness (QED) is 0.824. The van der Waals surface area contributed by atoms with Gasteiger partial charge >= 0.3 is 0 Å². The number of methoxy groups -OCH3 is 1. The van der Waals surface area contributed by atoms with E-state index in [1.54, 1.807) is 20.1 Å². The Hall–Kier alpha value is -2.89. The number of rotatable bonds is 6. The summed E-state index contributed by atoms with van der Waals surface area (Å²) in [4.78, 5) is 18.3. The molecule has 1 aliphatic rings. The minimum absolute atomic E-state index is 0.259. The van der Waals surface area contributed by atoms with E-state index in [2.05, 4.69) is 10.5 Å². The molecule has 3 rings (SSSR count).